The van der Waals surface area contributed by atoms with E-state index in [1.807, 2.05) is 0 Å². The van der Waals surface area contributed by atoms with Crippen molar-refractivity contribution in [2.24, 2.45) is 0 Å². The maximum absolute atomic E-state index is 12.5. The predicted octanol–water partition coefficient (Wildman–Crippen LogP) is 3.35. The lowest BCUT2D eigenvalue weighted by atomic mass is 9.82. The Morgan fingerprint density at radius 1 is 1.17 bits per heavy atom. The van der Waals surface area contributed by atoms with Crippen molar-refractivity contribution in [1.29, 1.82) is 0 Å². The zero-order valence-electron chi connectivity index (χ0n) is 14.5. The maximum atomic E-state index is 12.5. The fraction of sp³-hybridized carbons (Fsp3) is 0.625. The average Bonchev–Trinajstić information content (AvgIpc) is 2.40. The van der Waals surface area contributed by atoms with Crippen molar-refractivity contribution >= 4 is 24.5 Å². The molecule has 1 aromatic rings. The Morgan fingerprint density at radius 2 is 1.75 bits per heavy atom. The lowest BCUT2D eigenvalue weighted by molar-refractivity contribution is -0.217. The Balaban J connectivity index is 2.77. The van der Waals surface area contributed by atoms with Crippen LogP contribution in [0, 0.1) is 0 Å². The second kappa shape index (κ2) is 7.64. The van der Waals surface area contributed by atoms with Crippen molar-refractivity contribution in [3.05, 3.63) is 28.8 Å². The number of benzene rings is 1. The van der Waals surface area contributed by atoms with Gasteiger partial charge in [-0.1, -0.05) is 23.1 Å². The summed E-state index contributed by atoms with van der Waals surface area (Å²) >= 11 is 6.01. The summed E-state index contributed by atoms with van der Waals surface area (Å²) in [6, 6.07) is 4.89. The molecule has 1 rings (SSSR count). The average molecular weight is 367 g/mol. The Kier molecular flexibility index (Phi) is 6.78. The third-order valence-electron chi connectivity index (χ3n) is 4.05. The van der Waals surface area contributed by atoms with Crippen molar-refractivity contribution in [1.82, 2.24) is 0 Å². The van der Waals surface area contributed by atoms with Gasteiger partial charge in [-0.2, -0.15) is 13.2 Å². The van der Waals surface area contributed by atoms with E-state index in [0.717, 1.165) is 6.92 Å². The van der Waals surface area contributed by atoms with E-state index in [4.69, 9.17) is 21.0 Å². The highest BCUT2D eigenvalue weighted by Gasteiger charge is 2.37. The van der Waals surface area contributed by atoms with Gasteiger partial charge in [0.2, 0.25) is 0 Å². The minimum Gasteiger partial charge on any atom is -0.427 e. The van der Waals surface area contributed by atoms with Crippen LogP contribution in [0.5, 0.6) is 0 Å². The summed E-state index contributed by atoms with van der Waals surface area (Å²) in [4.78, 5) is 0. The lowest BCUT2D eigenvalue weighted by Gasteiger charge is -2.37. The van der Waals surface area contributed by atoms with E-state index in [9.17, 15) is 18.3 Å². The molecule has 0 radical (unpaired) electrons. The molecule has 0 aliphatic carbocycles. The van der Waals surface area contributed by atoms with E-state index in [2.05, 4.69) is 0 Å². The van der Waals surface area contributed by atoms with Gasteiger partial charge in [-0.25, -0.2) is 0 Å². The van der Waals surface area contributed by atoms with E-state index in [1.165, 1.54) is 0 Å². The Labute approximate surface area is 146 Å². The summed E-state index contributed by atoms with van der Waals surface area (Å²) in [6.45, 7) is 7.55. The second-order valence-corrected chi connectivity index (χ2v) is 7.26. The summed E-state index contributed by atoms with van der Waals surface area (Å²) in [7, 11) is 0.166. The van der Waals surface area contributed by atoms with Gasteiger partial charge in [0.05, 0.1) is 17.8 Å². The fourth-order valence-corrected chi connectivity index (χ4v) is 1.92. The van der Waals surface area contributed by atoms with Crippen LogP contribution >= 0.6 is 11.6 Å². The summed E-state index contributed by atoms with van der Waals surface area (Å²) in [6.07, 6.45) is -6.26. The molecule has 0 aliphatic rings. The van der Waals surface area contributed by atoms with Crippen LogP contribution in [0.15, 0.2) is 18.2 Å². The van der Waals surface area contributed by atoms with E-state index in [-0.39, 0.29) is 14.1 Å². The third-order valence-corrected chi connectivity index (χ3v) is 4.27. The van der Waals surface area contributed by atoms with Gasteiger partial charge in [-0.05, 0) is 52.3 Å². The van der Waals surface area contributed by atoms with Gasteiger partial charge in [0, 0.05) is 5.02 Å². The molecule has 8 heteroatoms. The monoisotopic (exact) mass is 366 g/mol. The highest BCUT2D eigenvalue weighted by molar-refractivity contribution is 6.48. The molecule has 136 valence electrons. The standard InChI is InChI=1S/C16H23BClF3O3/c1-10(16(19,20)21)23-9-11-6-12(8-13(18)7-11)17-24-15(4,5)14(2,3)22/h6-8,10,17,22H,9H2,1-5H3/t10-/m1/s1. The Hall–Kier alpha value is -0.755. The molecule has 0 amide bonds. The smallest absolute Gasteiger partial charge is 0.414 e. The lowest BCUT2D eigenvalue weighted by Crippen LogP contribution is -2.49. The molecule has 24 heavy (non-hydrogen) atoms. The highest BCUT2D eigenvalue weighted by atomic mass is 35.5. The molecule has 0 saturated carbocycles. The third kappa shape index (κ3) is 6.28. The van der Waals surface area contributed by atoms with Gasteiger partial charge < -0.3 is 14.5 Å². The first-order valence-corrected chi connectivity index (χ1v) is 7.93. The SMILES string of the molecule is C[C@@H](OCc1cc(Cl)cc(BOC(C)(C)C(C)(C)O)c1)C(F)(F)F. The second-order valence-electron chi connectivity index (χ2n) is 6.82. The summed E-state index contributed by atoms with van der Waals surface area (Å²) in [5.41, 5.74) is -0.646. The maximum Gasteiger partial charge on any atom is 0.414 e. The van der Waals surface area contributed by atoms with Crippen LogP contribution in [0.4, 0.5) is 13.2 Å². The van der Waals surface area contributed by atoms with Crippen molar-refractivity contribution < 1.29 is 27.7 Å². The zero-order chi connectivity index (χ0) is 18.8. The van der Waals surface area contributed by atoms with Crippen LogP contribution in [0.25, 0.3) is 0 Å². The van der Waals surface area contributed by atoms with Crippen molar-refractivity contribution in [3.8, 4) is 0 Å². The van der Waals surface area contributed by atoms with Crippen LogP contribution in [0.1, 0.15) is 40.2 Å². The molecule has 0 unspecified atom stereocenters. The van der Waals surface area contributed by atoms with Crippen molar-refractivity contribution in [2.75, 3.05) is 0 Å². The number of hydrogen-bond donors (Lipinski definition) is 1. The first-order chi connectivity index (χ1) is 10.7. The van der Waals surface area contributed by atoms with E-state index in [0.29, 0.717) is 16.0 Å². The van der Waals surface area contributed by atoms with Gasteiger partial charge in [-0.15, -0.1) is 0 Å². The van der Waals surface area contributed by atoms with Crippen LogP contribution in [0.2, 0.25) is 5.02 Å². The molecule has 0 spiro atoms. The van der Waals surface area contributed by atoms with Gasteiger partial charge in [-0.3, -0.25) is 0 Å². The molecule has 0 saturated heterocycles. The molecule has 0 fully saturated rings. The highest BCUT2D eigenvalue weighted by Crippen LogP contribution is 2.25. The normalized spacial score (nSPS) is 14.6. The Morgan fingerprint density at radius 3 is 2.25 bits per heavy atom. The van der Waals surface area contributed by atoms with E-state index >= 15 is 0 Å². The van der Waals surface area contributed by atoms with Gasteiger partial charge in [0.25, 0.3) is 0 Å². The molecule has 3 nitrogen and oxygen atoms in total. The molecule has 0 aliphatic heterocycles. The molecule has 0 heterocycles. The Bertz CT molecular complexity index is 556. The number of alkyl halides is 3. The molecular weight excluding hydrogens is 343 g/mol. The predicted molar refractivity (Wildman–Crippen MR) is 90.0 cm³/mol. The molecule has 0 aromatic heterocycles. The van der Waals surface area contributed by atoms with Gasteiger partial charge in [0.1, 0.15) is 0 Å². The first kappa shape index (κ1) is 21.3. The van der Waals surface area contributed by atoms with Crippen LogP contribution in [-0.2, 0) is 16.0 Å². The number of hydrogen-bond acceptors (Lipinski definition) is 3. The first-order valence-electron chi connectivity index (χ1n) is 7.55. The van der Waals surface area contributed by atoms with Crippen molar-refractivity contribution in [2.45, 2.75) is 64.7 Å². The number of halogens is 4. The molecule has 1 aromatic carbocycles. The van der Waals surface area contributed by atoms with E-state index in [1.54, 1.807) is 45.9 Å². The van der Waals surface area contributed by atoms with Gasteiger partial charge in [0.15, 0.2) is 6.10 Å². The topological polar surface area (TPSA) is 38.7 Å². The van der Waals surface area contributed by atoms with Crippen LogP contribution in [-0.4, -0.2) is 36.1 Å². The number of ether oxygens (including phenoxy) is 1. The number of aliphatic hydroxyl groups is 1. The van der Waals surface area contributed by atoms with E-state index < -0.39 is 23.5 Å². The molecule has 1 N–H and O–H groups in total. The molecule has 0 bridgehead atoms. The van der Waals surface area contributed by atoms with Crippen LogP contribution in [0.3, 0.4) is 0 Å². The molecule has 1 atom stereocenters. The minimum atomic E-state index is -4.40. The fourth-order valence-electron chi connectivity index (χ4n) is 1.64. The summed E-state index contributed by atoms with van der Waals surface area (Å²) in [5.74, 6) is 0. The number of rotatable bonds is 7. The quantitative estimate of drug-likeness (QED) is 0.752. The van der Waals surface area contributed by atoms with Crippen LogP contribution < -0.4 is 5.46 Å². The summed E-state index contributed by atoms with van der Waals surface area (Å²) < 4.78 is 48.0. The molecular formula is C16H23BClF3O3. The minimum absolute atomic E-state index is 0.166. The largest absolute Gasteiger partial charge is 0.427 e. The van der Waals surface area contributed by atoms with Gasteiger partial charge >= 0.3 is 13.7 Å². The van der Waals surface area contributed by atoms with Crippen molar-refractivity contribution in [3.63, 3.8) is 0 Å². The zero-order valence-corrected chi connectivity index (χ0v) is 15.3. The summed E-state index contributed by atoms with van der Waals surface area (Å²) in [5, 5.41) is 10.5.